The molecule has 1 aliphatic carbocycles. The van der Waals surface area contributed by atoms with E-state index in [0.717, 1.165) is 0 Å². The highest BCUT2D eigenvalue weighted by Crippen LogP contribution is 2.43. The minimum atomic E-state index is -0.874. The van der Waals surface area contributed by atoms with Crippen molar-refractivity contribution in [2.75, 3.05) is 6.61 Å². The lowest BCUT2D eigenvalue weighted by molar-refractivity contribution is -0.141. The second kappa shape index (κ2) is 9.54. The Bertz CT molecular complexity index is 960. The summed E-state index contributed by atoms with van der Waals surface area (Å²) in [6, 6.07) is 15.7. The smallest absolute Gasteiger partial charge is 0.338 e. The van der Waals surface area contributed by atoms with Crippen LogP contribution in [0.4, 0.5) is 0 Å². The van der Waals surface area contributed by atoms with E-state index in [-0.39, 0.29) is 36.9 Å². The molecule has 2 aromatic carbocycles. The molecule has 6 nitrogen and oxygen atoms in total. The highest BCUT2D eigenvalue weighted by atomic mass is 35.5. The van der Waals surface area contributed by atoms with E-state index in [9.17, 15) is 14.7 Å². The zero-order valence-electron chi connectivity index (χ0n) is 16.7. The van der Waals surface area contributed by atoms with Gasteiger partial charge in [0.05, 0.1) is 12.0 Å². The summed E-state index contributed by atoms with van der Waals surface area (Å²) in [5, 5.41) is 10.9. The number of aliphatic hydroxyl groups is 1. The van der Waals surface area contributed by atoms with Gasteiger partial charge in [-0.2, -0.15) is 0 Å². The van der Waals surface area contributed by atoms with Crippen molar-refractivity contribution in [1.82, 2.24) is 0 Å². The van der Waals surface area contributed by atoms with Crippen LogP contribution in [0.15, 0.2) is 66.7 Å². The van der Waals surface area contributed by atoms with Gasteiger partial charge < -0.3 is 19.3 Å². The third-order valence-electron chi connectivity index (χ3n) is 5.59. The van der Waals surface area contributed by atoms with Crippen LogP contribution in [0.5, 0.6) is 5.75 Å². The van der Waals surface area contributed by atoms with Gasteiger partial charge >= 0.3 is 11.9 Å². The fourth-order valence-corrected chi connectivity index (χ4v) is 4.30. The molecule has 0 spiro atoms. The predicted octanol–water partition coefficient (Wildman–Crippen LogP) is 3.81. The monoisotopic (exact) mass is 442 g/mol. The van der Waals surface area contributed by atoms with Gasteiger partial charge in [0.2, 0.25) is 0 Å². The van der Waals surface area contributed by atoms with Crippen molar-refractivity contribution in [2.24, 2.45) is 11.8 Å². The molecular formula is C24H23ClO6. The molecule has 2 fully saturated rings. The predicted molar refractivity (Wildman–Crippen MR) is 114 cm³/mol. The molecule has 2 aromatic rings. The Kier molecular flexibility index (Phi) is 6.59. The van der Waals surface area contributed by atoms with Gasteiger partial charge in [-0.25, -0.2) is 4.79 Å². The van der Waals surface area contributed by atoms with Crippen molar-refractivity contribution in [1.29, 1.82) is 0 Å². The zero-order chi connectivity index (χ0) is 21.8. The van der Waals surface area contributed by atoms with Crippen molar-refractivity contribution in [3.8, 4) is 5.75 Å². The molecule has 0 bridgehead atoms. The number of rotatable bonds is 7. The van der Waals surface area contributed by atoms with Crippen molar-refractivity contribution >= 4 is 23.5 Å². The molecule has 0 aromatic heterocycles. The minimum absolute atomic E-state index is 0.0432. The van der Waals surface area contributed by atoms with Gasteiger partial charge in [-0.3, -0.25) is 4.79 Å². The average molecular weight is 443 g/mol. The number of fused-ring (bicyclic) bond motifs is 1. The van der Waals surface area contributed by atoms with Gasteiger partial charge in [0.1, 0.15) is 30.7 Å². The SMILES string of the molecule is O=C1C[C@@H]2[C@@H](C=C[C@@H](O)COc3cccc(Cl)c3)[C@H](OC(=O)c3ccccc3)C[C@@H]2O1. The molecule has 1 saturated heterocycles. The van der Waals surface area contributed by atoms with Crippen LogP contribution in [-0.2, 0) is 14.3 Å². The molecule has 0 unspecified atom stereocenters. The quantitative estimate of drug-likeness (QED) is 0.518. The van der Waals surface area contributed by atoms with Crippen LogP contribution in [0.3, 0.4) is 0 Å². The first-order chi connectivity index (χ1) is 15.0. The Morgan fingerprint density at radius 3 is 2.81 bits per heavy atom. The highest BCUT2D eigenvalue weighted by Gasteiger charge is 2.50. The van der Waals surface area contributed by atoms with Crippen LogP contribution in [-0.4, -0.2) is 42.0 Å². The molecular weight excluding hydrogens is 420 g/mol. The Morgan fingerprint density at radius 2 is 2.03 bits per heavy atom. The lowest BCUT2D eigenvalue weighted by atomic mass is 9.91. The van der Waals surface area contributed by atoms with E-state index in [1.54, 1.807) is 54.6 Å². The third kappa shape index (κ3) is 5.27. The number of carbonyl (C=O) groups is 2. The topological polar surface area (TPSA) is 82.1 Å². The lowest BCUT2D eigenvalue weighted by Gasteiger charge is -2.20. The molecule has 7 heteroatoms. The van der Waals surface area contributed by atoms with Crippen LogP contribution in [0, 0.1) is 11.8 Å². The molecule has 162 valence electrons. The maximum absolute atomic E-state index is 12.5. The number of hydrogen-bond acceptors (Lipinski definition) is 6. The summed E-state index contributed by atoms with van der Waals surface area (Å²) in [5.41, 5.74) is 0.467. The Balaban J connectivity index is 1.41. The molecule has 1 saturated carbocycles. The molecule has 2 aliphatic rings. The molecule has 4 rings (SSSR count). The van der Waals surface area contributed by atoms with E-state index >= 15 is 0 Å². The van der Waals surface area contributed by atoms with Crippen molar-refractivity contribution < 1.29 is 28.9 Å². The number of hydrogen-bond donors (Lipinski definition) is 1. The fourth-order valence-electron chi connectivity index (χ4n) is 4.12. The van der Waals surface area contributed by atoms with Crippen LogP contribution in [0.2, 0.25) is 5.02 Å². The normalized spacial score (nSPS) is 25.8. The summed E-state index contributed by atoms with van der Waals surface area (Å²) in [6.45, 7) is 0.0432. The number of halogens is 1. The van der Waals surface area contributed by atoms with E-state index in [4.69, 9.17) is 25.8 Å². The summed E-state index contributed by atoms with van der Waals surface area (Å²) < 4.78 is 16.7. The van der Waals surface area contributed by atoms with Gasteiger partial charge in [-0.1, -0.05) is 48.0 Å². The molecule has 0 amide bonds. The first-order valence-electron chi connectivity index (χ1n) is 10.2. The van der Waals surface area contributed by atoms with E-state index in [1.807, 2.05) is 12.1 Å². The van der Waals surface area contributed by atoms with E-state index in [2.05, 4.69) is 0 Å². The number of ether oxygens (including phenoxy) is 3. The first-order valence-corrected chi connectivity index (χ1v) is 10.6. The molecule has 1 N–H and O–H groups in total. The van der Waals surface area contributed by atoms with Gasteiger partial charge in [0.25, 0.3) is 0 Å². The van der Waals surface area contributed by atoms with Crippen LogP contribution >= 0.6 is 11.6 Å². The number of esters is 2. The van der Waals surface area contributed by atoms with Crippen LogP contribution < -0.4 is 4.74 Å². The van der Waals surface area contributed by atoms with Crippen molar-refractivity contribution in [3.63, 3.8) is 0 Å². The number of benzene rings is 2. The summed E-state index contributed by atoms with van der Waals surface area (Å²) in [6.07, 6.45) is 2.55. The summed E-state index contributed by atoms with van der Waals surface area (Å²) in [7, 11) is 0. The second-order valence-electron chi connectivity index (χ2n) is 7.74. The Hall–Kier alpha value is -2.83. The second-order valence-corrected chi connectivity index (χ2v) is 8.18. The van der Waals surface area contributed by atoms with E-state index in [1.165, 1.54) is 0 Å². The van der Waals surface area contributed by atoms with Crippen LogP contribution in [0.25, 0.3) is 0 Å². The first kappa shape index (κ1) is 21.4. The Labute approximate surface area is 185 Å². The molecule has 1 aliphatic heterocycles. The Morgan fingerprint density at radius 1 is 1.23 bits per heavy atom. The van der Waals surface area contributed by atoms with Crippen molar-refractivity contribution in [3.05, 3.63) is 77.3 Å². The average Bonchev–Trinajstić information content (AvgIpc) is 3.27. The third-order valence-corrected chi connectivity index (χ3v) is 5.83. The molecule has 5 atom stereocenters. The maximum atomic E-state index is 12.5. The number of carbonyl (C=O) groups excluding carboxylic acids is 2. The van der Waals surface area contributed by atoms with Gasteiger partial charge in [0.15, 0.2) is 0 Å². The standard InChI is InChI=1S/C24H23ClO6/c25-16-7-4-8-18(11-16)29-14-17(26)9-10-19-20-12-23(27)30-22(20)13-21(19)31-24(28)15-5-2-1-3-6-15/h1-11,17,19-22,26H,12-14H2/t17-,19-,20-,21-,22+/m1/s1. The molecule has 1 heterocycles. The van der Waals surface area contributed by atoms with E-state index in [0.29, 0.717) is 22.8 Å². The maximum Gasteiger partial charge on any atom is 0.338 e. The lowest BCUT2D eigenvalue weighted by Crippen LogP contribution is -2.25. The highest BCUT2D eigenvalue weighted by molar-refractivity contribution is 6.30. The van der Waals surface area contributed by atoms with Crippen LogP contribution in [0.1, 0.15) is 23.2 Å². The van der Waals surface area contributed by atoms with Gasteiger partial charge in [-0.05, 0) is 30.3 Å². The summed E-state index contributed by atoms with van der Waals surface area (Å²) in [4.78, 5) is 24.3. The summed E-state index contributed by atoms with van der Waals surface area (Å²) in [5.74, 6) is -0.417. The molecule has 0 radical (unpaired) electrons. The summed E-state index contributed by atoms with van der Waals surface area (Å²) >= 11 is 5.94. The van der Waals surface area contributed by atoms with E-state index < -0.39 is 18.2 Å². The fraction of sp³-hybridized carbons (Fsp3) is 0.333. The zero-order valence-corrected chi connectivity index (χ0v) is 17.5. The van der Waals surface area contributed by atoms with Crippen molar-refractivity contribution in [2.45, 2.75) is 31.2 Å². The number of aliphatic hydroxyl groups excluding tert-OH is 1. The van der Waals surface area contributed by atoms with Gasteiger partial charge in [0, 0.05) is 23.3 Å². The molecule has 31 heavy (non-hydrogen) atoms. The minimum Gasteiger partial charge on any atom is -0.491 e. The van der Waals surface area contributed by atoms with Gasteiger partial charge in [-0.15, -0.1) is 0 Å². The largest absolute Gasteiger partial charge is 0.491 e.